The van der Waals surface area contributed by atoms with Crippen LogP contribution < -0.4 is 5.32 Å². The maximum atomic E-state index is 12.2. The van der Waals surface area contributed by atoms with Crippen LogP contribution in [0.1, 0.15) is 10.4 Å². The van der Waals surface area contributed by atoms with Gasteiger partial charge in [-0.25, -0.2) is 18.4 Å². The summed E-state index contributed by atoms with van der Waals surface area (Å²) in [7, 11) is -3.30. The highest BCUT2D eigenvalue weighted by Crippen LogP contribution is 2.28. The number of carbonyl (C=O) groups excluding carboxylic acids is 1. The van der Waals surface area contributed by atoms with Crippen molar-refractivity contribution < 1.29 is 13.2 Å². The van der Waals surface area contributed by atoms with Gasteiger partial charge in [0, 0.05) is 12.5 Å². The van der Waals surface area contributed by atoms with Crippen molar-refractivity contribution in [1.29, 1.82) is 0 Å². The summed E-state index contributed by atoms with van der Waals surface area (Å²) >= 11 is 12.7. The summed E-state index contributed by atoms with van der Waals surface area (Å²) in [5.74, 6) is -0.441. The van der Waals surface area contributed by atoms with E-state index in [1.54, 1.807) is 6.07 Å². The van der Waals surface area contributed by atoms with Gasteiger partial charge in [-0.15, -0.1) is 0 Å². The van der Waals surface area contributed by atoms with Crippen molar-refractivity contribution in [3.63, 3.8) is 0 Å². The van der Waals surface area contributed by atoms with Crippen LogP contribution in [-0.4, -0.2) is 30.5 Å². The number of fused-ring (bicyclic) bond motifs is 1. The molecule has 24 heavy (non-hydrogen) atoms. The van der Waals surface area contributed by atoms with E-state index in [4.69, 9.17) is 23.2 Å². The van der Waals surface area contributed by atoms with Crippen LogP contribution in [-0.2, 0) is 9.84 Å². The van der Waals surface area contributed by atoms with Gasteiger partial charge in [-0.2, -0.15) is 0 Å². The van der Waals surface area contributed by atoms with Crippen LogP contribution in [0.5, 0.6) is 0 Å². The minimum Gasteiger partial charge on any atom is -0.298 e. The van der Waals surface area contributed by atoms with Gasteiger partial charge in [0.1, 0.15) is 5.15 Å². The molecule has 0 unspecified atom stereocenters. The summed E-state index contributed by atoms with van der Waals surface area (Å²) in [5.41, 5.74) is 0.829. The SMILES string of the molecule is CS(=O)(=O)c1ccc2nc(NC(=O)c3cnc(Cl)c(Cl)c3)sc2c1. The number of carbonyl (C=O) groups is 1. The zero-order valence-corrected chi connectivity index (χ0v) is 15.2. The predicted molar refractivity (Wildman–Crippen MR) is 94.9 cm³/mol. The Labute approximate surface area is 151 Å². The topological polar surface area (TPSA) is 89.0 Å². The third-order valence-electron chi connectivity index (χ3n) is 3.07. The fourth-order valence-corrected chi connectivity index (χ4v) is 3.80. The second kappa shape index (κ2) is 6.29. The molecular formula is C14H9Cl2N3O3S2. The van der Waals surface area contributed by atoms with Gasteiger partial charge in [0.2, 0.25) is 0 Å². The van der Waals surface area contributed by atoms with E-state index in [-0.39, 0.29) is 20.6 Å². The van der Waals surface area contributed by atoms with Crippen LogP contribution >= 0.6 is 34.5 Å². The first-order chi connectivity index (χ1) is 11.2. The van der Waals surface area contributed by atoms with Crippen LogP contribution in [0.2, 0.25) is 10.2 Å². The maximum Gasteiger partial charge on any atom is 0.259 e. The highest BCUT2D eigenvalue weighted by Gasteiger charge is 2.14. The molecule has 0 aliphatic carbocycles. The van der Waals surface area contributed by atoms with Gasteiger partial charge in [0.15, 0.2) is 15.0 Å². The number of amides is 1. The molecule has 0 aliphatic rings. The number of hydrogen-bond acceptors (Lipinski definition) is 6. The number of anilines is 1. The number of rotatable bonds is 3. The second-order valence-corrected chi connectivity index (χ2v) is 8.68. The Balaban J connectivity index is 1.89. The smallest absolute Gasteiger partial charge is 0.259 e. The van der Waals surface area contributed by atoms with Gasteiger partial charge >= 0.3 is 0 Å². The molecule has 1 N–H and O–H groups in total. The first-order valence-corrected chi connectivity index (χ1v) is 9.93. The number of halogens is 2. The molecule has 0 fully saturated rings. The molecule has 0 radical (unpaired) electrons. The molecule has 0 saturated heterocycles. The molecule has 6 nitrogen and oxygen atoms in total. The Kier molecular flexibility index (Phi) is 4.48. The summed E-state index contributed by atoms with van der Waals surface area (Å²) in [6, 6.07) is 6.00. The van der Waals surface area contributed by atoms with Crippen molar-refractivity contribution >= 4 is 65.6 Å². The fourth-order valence-electron chi connectivity index (χ4n) is 1.90. The number of nitrogens with one attached hydrogen (secondary N) is 1. The molecule has 0 bridgehead atoms. The van der Waals surface area contributed by atoms with E-state index in [0.717, 1.165) is 6.26 Å². The molecule has 0 spiro atoms. The molecular weight excluding hydrogens is 393 g/mol. The lowest BCUT2D eigenvalue weighted by atomic mass is 10.3. The molecule has 0 saturated carbocycles. The zero-order chi connectivity index (χ0) is 17.5. The number of benzene rings is 1. The number of pyridine rings is 1. The monoisotopic (exact) mass is 401 g/mol. The third kappa shape index (κ3) is 3.51. The first kappa shape index (κ1) is 17.1. The van der Waals surface area contributed by atoms with Crippen molar-refractivity contribution in [1.82, 2.24) is 9.97 Å². The average Bonchev–Trinajstić information content (AvgIpc) is 2.90. The van der Waals surface area contributed by atoms with E-state index < -0.39 is 15.7 Å². The molecule has 0 aliphatic heterocycles. The van der Waals surface area contributed by atoms with Crippen LogP contribution in [0.15, 0.2) is 35.4 Å². The van der Waals surface area contributed by atoms with Crippen molar-refractivity contribution in [2.24, 2.45) is 0 Å². The predicted octanol–water partition coefficient (Wildman–Crippen LogP) is 3.65. The summed E-state index contributed by atoms with van der Waals surface area (Å²) in [6.45, 7) is 0. The Bertz CT molecular complexity index is 1060. The van der Waals surface area contributed by atoms with Crippen molar-refractivity contribution in [2.45, 2.75) is 4.90 Å². The van der Waals surface area contributed by atoms with Crippen LogP contribution in [0.3, 0.4) is 0 Å². The lowest BCUT2D eigenvalue weighted by Gasteiger charge is -2.02. The van der Waals surface area contributed by atoms with Gasteiger partial charge in [-0.05, 0) is 24.3 Å². The fraction of sp³-hybridized carbons (Fsp3) is 0.0714. The highest BCUT2D eigenvalue weighted by atomic mass is 35.5. The summed E-state index contributed by atoms with van der Waals surface area (Å²) in [4.78, 5) is 20.5. The molecule has 3 aromatic rings. The van der Waals surface area contributed by atoms with E-state index in [2.05, 4.69) is 15.3 Å². The Morgan fingerprint density at radius 1 is 1.25 bits per heavy atom. The lowest BCUT2D eigenvalue weighted by molar-refractivity contribution is 0.102. The molecule has 2 heterocycles. The number of nitrogens with zero attached hydrogens (tertiary/aromatic N) is 2. The number of thiazole rings is 1. The van der Waals surface area contributed by atoms with Gasteiger partial charge < -0.3 is 0 Å². The number of sulfone groups is 1. The Morgan fingerprint density at radius 3 is 2.67 bits per heavy atom. The van der Waals surface area contributed by atoms with Crippen molar-refractivity contribution in [3.8, 4) is 0 Å². The van der Waals surface area contributed by atoms with Crippen LogP contribution in [0.25, 0.3) is 10.2 Å². The molecule has 1 aromatic carbocycles. The van der Waals surface area contributed by atoms with E-state index in [0.29, 0.717) is 15.3 Å². The molecule has 3 rings (SSSR count). The Morgan fingerprint density at radius 2 is 2.00 bits per heavy atom. The standard InChI is InChI=1S/C14H9Cl2N3O3S2/c1-24(21,22)8-2-3-10-11(5-8)23-14(18-10)19-13(20)7-4-9(15)12(16)17-6-7/h2-6H,1H3,(H,18,19,20). The van der Waals surface area contributed by atoms with Gasteiger partial charge in [0.05, 0.1) is 25.7 Å². The molecule has 0 atom stereocenters. The first-order valence-electron chi connectivity index (χ1n) is 6.47. The van der Waals surface area contributed by atoms with E-state index in [1.165, 1.54) is 35.7 Å². The highest BCUT2D eigenvalue weighted by molar-refractivity contribution is 7.90. The van der Waals surface area contributed by atoms with Crippen LogP contribution in [0.4, 0.5) is 5.13 Å². The van der Waals surface area contributed by atoms with E-state index in [9.17, 15) is 13.2 Å². The maximum absolute atomic E-state index is 12.2. The Hall–Kier alpha value is -1.74. The van der Waals surface area contributed by atoms with E-state index in [1.807, 2.05) is 0 Å². The summed E-state index contributed by atoms with van der Waals surface area (Å²) < 4.78 is 23.8. The largest absolute Gasteiger partial charge is 0.298 e. The zero-order valence-electron chi connectivity index (χ0n) is 12.1. The normalized spacial score (nSPS) is 11.6. The van der Waals surface area contributed by atoms with Gasteiger partial charge in [-0.3, -0.25) is 10.1 Å². The van der Waals surface area contributed by atoms with E-state index >= 15 is 0 Å². The molecule has 1 amide bonds. The number of hydrogen-bond donors (Lipinski definition) is 1. The lowest BCUT2D eigenvalue weighted by Crippen LogP contribution is -2.12. The molecule has 124 valence electrons. The molecule has 2 aromatic heterocycles. The minimum atomic E-state index is -3.30. The van der Waals surface area contributed by atoms with Gasteiger partial charge in [-0.1, -0.05) is 34.5 Å². The van der Waals surface area contributed by atoms with Crippen molar-refractivity contribution in [2.75, 3.05) is 11.6 Å². The van der Waals surface area contributed by atoms with Gasteiger partial charge in [0.25, 0.3) is 5.91 Å². The quantitative estimate of drug-likeness (QED) is 0.676. The summed E-state index contributed by atoms with van der Waals surface area (Å²) in [6.07, 6.45) is 2.44. The second-order valence-electron chi connectivity index (χ2n) is 4.87. The number of aromatic nitrogens is 2. The third-order valence-corrected chi connectivity index (χ3v) is 5.80. The van der Waals surface area contributed by atoms with Crippen molar-refractivity contribution in [3.05, 3.63) is 46.2 Å². The molecule has 10 heteroatoms. The van der Waals surface area contributed by atoms with Crippen LogP contribution in [0, 0.1) is 0 Å². The summed E-state index contributed by atoms with van der Waals surface area (Å²) in [5, 5.41) is 3.25. The minimum absolute atomic E-state index is 0.113. The average molecular weight is 402 g/mol.